The van der Waals surface area contributed by atoms with Gasteiger partial charge in [0.15, 0.2) is 5.75 Å². The van der Waals surface area contributed by atoms with E-state index in [9.17, 15) is 0 Å². The van der Waals surface area contributed by atoms with Crippen LogP contribution in [-0.4, -0.2) is 35.7 Å². The quantitative estimate of drug-likeness (QED) is 0.632. The van der Waals surface area contributed by atoms with E-state index in [1.165, 1.54) is 0 Å². The maximum Gasteiger partial charge on any atom is 0.514 e. The molecule has 114 valence electrons. The van der Waals surface area contributed by atoms with Crippen molar-refractivity contribution in [1.82, 2.24) is 4.98 Å². The summed E-state index contributed by atoms with van der Waals surface area (Å²) in [5.41, 5.74) is 0.116. The van der Waals surface area contributed by atoms with E-state index in [-0.39, 0.29) is 11.2 Å². The first-order chi connectivity index (χ1) is 9.82. The molecule has 0 amide bonds. The number of hydrogen-bond donors (Lipinski definition) is 0. The lowest BCUT2D eigenvalue weighted by Crippen LogP contribution is -2.41. The second-order valence-electron chi connectivity index (χ2n) is 6.65. The Kier molecular flexibility index (Phi) is 3.75. The lowest BCUT2D eigenvalue weighted by atomic mass is 9.84. The van der Waals surface area contributed by atoms with Crippen LogP contribution in [0.1, 0.15) is 40.5 Å². The van der Waals surface area contributed by atoms with E-state index in [1.807, 2.05) is 46.1 Å². The highest BCUT2D eigenvalue weighted by Crippen LogP contribution is 2.37. The molecule has 1 aliphatic heterocycles. The summed E-state index contributed by atoms with van der Waals surface area (Å²) < 4.78 is 18.0. The van der Waals surface area contributed by atoms with Gasteiger partial charge in [-0.2, -0.15) is 0 Å². The summed E-state index contributed by atoms with van der Waals surface area (Å²) in [6, 6.07) is 3.93. The van der Waals surface area contributed by atoms with Crippen LogP contribution >= 0.6 is 11.8 Å². The third-order valence-electron chi connectivity index (χ3n) is 4.35. The molecule has 0 N–H and O–H groups in total. The standard InChI is InChI=1S/C15H22BNO3S/c1-14(2)15(3,4)20-16(19-14)12-9-8-11(13(17-12)21-5)18-10-6-7-10/h8-10H,6-7H2,1-5H3. The van der Waals surface area contributed by atoms with Crippen molar-refractivity contribution in [2.45, 2.75) is 62.9 Å². The van der Waals surface area contributed by atoms with Gasteiger partial charge in [0.2, 0.25) is 0 Å². The Bertz CT molecular complexity index is 530. The number of hydrogen-bond acceptors (Lipinski definition) is 5. The Morgan fingerprint density at radius 2 is 1.81 bits per heavy atom. The summed E-state index contributed by atoms with van der Waals surface area (Å²) in [6.45, 7) is 8.19. The zero-order valence-electron chi connectivity index (χ0n) is 13.3. The van der Waals surface area contributed by atoms with E-state index in [0.29, 0.717) is 6.10 Å². The van der Waals surface area contributed by atoms with Crippen molar-refractivity contribution in [1.29, 1.82) is 0 Å². The Morgan fingerprint density at radius 1 is 1.19 bits per heavy atom. The fourth-order valence-corrected chi connectivity index (χ4v) is 2.65. The predicted octanol–water partition coefficient (Wildman–Crippen LogP) is 2.64. The molecule has 2 aliphatic rings. The highest BCUT2D eigenvalue weighted by molar-refractivity contribution is 7.98. The third kappa shape index (κ3) is 2.94. The summed E-state index contributed by atoms with van der Waals surface area (Å²) in [6.07, 6.45) is 4.68. The second kappa shape index (κ2) is 5.18. The first kappa shape index (κ1) is 15.2. The number of nitrogens with zero attached hydrogens (tertiary/aromatic N) is 1. The normalized spacial score (nSPS) is 23.4. The molecule has 1 aromatic heterocycles. The van der Waals surface area contributed by atoms with Crippen molar-refractivity contribution < 1.29 is 14.0 Å². The molecular weight excluding hydrogens is 285 g/mol. The molecule has 0 atom stereocenters. The van der Waals surface area contributed by atoms with Crippen LogP contribution < -0.4 is 10.3 Å². The van der Waals surface area contributed by atoms with Gasteiger partial charge in [0.05, 0.1) is 22.9 Å². The van der Waals surface area contributed by atoms with Crippen molar-refractivity contribution in [3.05, 3.63) is 12.1 Å². The minimum absolute atomic E-state index is 0.345. The van der Waals surface area contributed by atoms with Crippen molar-refractivity contribution >= 4 is 24.5 Å². The topological polar surface area (TPSA) is 40.6 Å². The van der Waals surface area contributed by atoms with Crippen molar-refractivity contribution in [2.75, 3.05) is 6.26 Å². The van der Waals surface area contributed by atoms with Crippen LogP contribution in [0.15, 0.2) is 17.2 Å². The van der Waals surface area contributed by atoms with Gasteiger partial charge in [-0.05, 0) is 58.9 Å². The Hall–Kier alpha value is -0.715. The van der Waals surface area contributed by atoms with Gasteiger partial charge in [-0.3, -0.25) is 0 Å². The average molecular weight is 307 g/mol. The van der Waals surface area contributed by atoms with Gasteiger partial charge < -0.3 is 14.0 Å². The smallest absolute Gasteiger partial charge is 0.488 e. The van der Waals surface area contributed by atoms with Crippen LogP contribution in [0.5, 0.6) is 5.75 Å². The number of thioether (sulfide) groups is 1. The van der Waals surface area contributed by atoms with Crippen LogP contribution in [0, 0.1) is 0 Å². The number of ether oxygens (including phenoxy) is 1. The molecule has 0 radical (unpaired) electrons. The summed E-state index contributed by atoms with van der Waals surface area (Å²) in [4.78, 5) is 4.67. The van der Waals surface area contributed by atoms with E-state index in [0.717, 1.165) is 29.2 Å². The van der Waals surface area contributed by atoms with Crippen molar-refractivity contribution in [3.8, 4) is 5.75 Å². The average Bonchev–Trinajstić information content (AvgIpc) is 3.17. The van der Waals surface area contributed by atoms with Gasteiger partial charge >= 0.3 is 7.12 Å². The van der Waals surface area contributed by atoms with Gasteiger partial charge in [-0.15, -0.1) is 11.8 Å². The minimum Gasteiger partial charge on any atom is -0.488 e. The molecule has 6 heteroatoms. The zero-order valence-corrected chi connectivity index (χ0v) is 14.1. The molecule has 4 nitrogen and oxygen atoms in total. The molecule has 2 heterocycles. The number of rotatable bonds is 4. The maximum atomic E-state index is 6.05. The largest absolute Gasteiger partial charge is 0.514 e. The van der Waals surface area contributed by atoms with Gasteiger partial charge in [-0.1, -0.05) is 0 Å². The van der Waals surface area contributed by atoms with E-state index in [4.69, 9.17) is 14.0 Å². The van der Waals surface area contributed by atoms with E-state index in [1.54, 1.807) is 11.8 Å². The lowest BCUT2D eigenvalue weighted by Gasteiger charge is -2.32. The summed E-state index contributed by atoms with van der Waals surface area (Å²) >= 11 is 1.59. The molecule has 0 aromatic carbocycles. The SMILES string of the molecule is CSc1nc(B2OC(C)(C)C(C)(C)O2)ccc1OC1CC1. The third-order valence-corrected chi connectivity index (χ3v) is 5.03. The van der Waals surface area contributed by atoms with E-state index < -0.39 is 7.12 Å². The van der Waals surface area contributed by atoms with Crippen LogP contribution in [0.25, 0.3) is 0 Å². The van der Waals surface area contributed by atoms with Crippen LogP contribution in [-0.2, 0) is 9.31 Å². The number of pyridine rings is 1. The van der Waals surface area contributed by atoms with Gasteiger partial charge in [0.25, 0.3) is 0 Å². The maximum absolute atomic E-state index is 6.05. The highest BCUT2D eigenvalue weighted by atomic mass is 32.2. The molecule has 3 rings (SSSR count). The van der Waals surface area contributed by atoms with Gasteiger partial charge in [0, 0.05) is 0 Å². The van der Waals surface area contributed by atoms with Crippen LogP contribution in [0.4, 0.5) is 0 Å². The Morgan fingerprint density at radius 3 is 2.33 bits per heavy atom. The molecule has 1 aromatic rings. The van der Waals surface area contributed by atoms with Crippen LogP contribution in [0.2, 0.25) is 0 Å². The minimum atomic E-state index is -0.420. The first-order valence-electron chi connectivity index (χ1n) is 7.39. The monoisotopic (exact) mass is 307 g/mol. The first-order valence-corrected chi connectivity index (χ1v) is 8.62. The fraction of sp³-hybridized carbons (Fsp3) is 0.667. The molecule has 2 fully saturated rings. The summed E-state index contributed by atoms with van der Waals surface area (Å²) in [5.74, 6) is 0.866. The molecule has 0 bridgehead atoms. The molecule has 1 aliphatic carbocycles. The molecule has 1 saturated heterocycles. The van der Waals surface area contributed by atoms with E-state index in [2.05, 4.69) is 4.98 Å². The van der Waals surface area contributed by atoms with Crippen molar-refractivity contribution in [3.63, 3.8) is 0 Å². The predicted molar refractivity (Wildman–Crippen MR) is 85.4 cm³/mol. The van der Waals surface area contributed by atoms with Gasteiger partial charge in [0.1, 0.15) is 5.03 Å². The van der Waals surface area contributed by atoms with Crippen LogP contribution in [0.3, 0.4) is 0 Å². The molecule has 21 heavy (non-hydrogen) atoms. The molecule has 1 saturated carbocycles. The lowest BCUT2D eigenvalue weighted by molar-refractivity contribution is 0.00578. The van der Waals surface area contributed by atoms with E-state index >= 15 is 0 Å². The second-order valence-corrected chi connectivity index (χ2v) is 7.44. The zero-order chi connectivity index (χ0) is 15.3. The van der Waals surface area contributed by atoms with Gasteiger partial charge in [-0.25, -0.2) is 4.98 Å². The Balaban J connectivity index is 1.83. The molecule has 0 unspecified atom stereocenters. The highest BCUT2D eigenvalue weighted by Gasteiger charge is 2.52. The fourth-order valence-electron chi connectivity index (χ4n) is 2.14. The Labute approximate surface area is 131 Å². The summed E-state index contributed by atoms with van der Waals surface area (Å²) in [5, 5.41) is 0.897. The molecule has 0 spiro atoms. The number of aromatic nitrogens is 1. The summed E-state index contributed by atoms with van der Waals surface area (Å²) in [7, 11) is -0.420. The molecular formula is C15H22BNO3S. The van der Waals surface area contributed by atoms with Crippen molar-refractivity contribution in [2.24, 2.45) is 0 Å².